The molecule has 3 aromatic rings. The van der Waals surface area contributed by atoms with Crippen LogP contribution in [-0.2, 0) is 6.54 Å². The largest absolute Gasteiger partial charge is 0.312 e. The van der Waals surface area contributed by atoms with E-state index in [1.165, 1.54) is 42.5 Å². The molecule has 0 aliphatic carbocycles. The van der Waals surface area contributed by atoms with E-state index >= 15 is 0 Å². The van der Waals surface area contributed by atoms with Gasteiger partial charge in [0, 0.05) is 16.7 Å². The van der Waals surface area contributed by atoms with Crippen molar-refractivity contribution < 1.29 is 18.0 Å². The van der Waals surface area contributed by atoms with Crippen LogP contribution in [0.3, 0.4) is 0 Å². The molecule has 154 valence electrons. The first-order valence-corrected chi connectivity index (χ1v) is 8.91. The Morgan fingerprint density at radius 3 is 2.33 bits per heavy atom. The van der Waals surface area contributed by atoms with Crippen LogP contribution < -0.4 is 16.2 Å². The maximum absolute atomic E-state index is 13.4. The van der Waals surface area contributed by atoms with Crippen LogP contribution in [0.5, 0.6) is 0 Å². The van der Waals surface area contributed by atoms with Gasteiger partial charge in [-0.2, -0.15) is 0 Å². The molecule has 0 atom stereocenters. The van der Waals surface area contributed by atoms with Crippen LogP contribution in [0.4, 0.5) is 19.0 Å². The Morgan fingerprint density at radius 2 is 1.70 bits per heavy atom. The van der Waals surface area contributed by atoms with Gasteiger partial charge in [-0.3, -0.25) is 14.9 Å². The summed E-state index contributed by atoms with van der Waals surface area (Å²) < 4.78 is 40.0. The van der Waals surface area contributed by atoms with Gasteiger partial charge in [0.15, 0.2) is 17.5 Å². The average molecular weight is 435 g/mol. The molecule has 3 rings (SSSR count). The molecule has 3 N–H and O–H groups in total. The SMILES string of the molecule is O=C(NC(=NCc1cc(F)c(F)c(F)c1)Nc1cccc(=O)[nH]1)c1ccc(Cl)cc1. The summed E-state index contributed by atoms with van der Waals surface area (Å²) in [6, 6.07) is 11.9. The van der Waals surface area contributed by atoms with Crippen LogP contribution in [0.25, 0.3) is 0 Å². The normalized spacial score (nSPS) is 11.3. The second-order valence-corrected chi connectivity index (χ2v) is 6.49. The summed E-state index contributed by atoms with van der Waals surface area (Å²) in [5, 5.41) is 5.67. The van der Waals surface area contributed by atoms with E-state index in [1.54, 1.807) is 0 Å². The van der Waals surface area contributed by atoms with Crippen molar-refractivity contribution in [2.75, 3.05) is 5.32 Å². The lowest BCUT2D eigenvalue weighted by atomic mass is 10.2. The van der Waals surface area contributed by atoms with Crippen LogP contribution >= 0.6 is 11.6 Å². The van der Waals surface area contributed by atoms with Gasteiger partial charge in [-0.25, -0.2) is 18.2 Å². The van der Waals surface area contributed by atoms with Crippen molar-refractivity contribution in [3.8, 4) is 0 Å². The fourth-order valence-electron chi connectivity index (χ4n) is 2.41. The minimum absolute atomic E-state index is 0.0352. The van der Waals surface area contributed by atoms with Gasteiger partial charge < -0.3 is 10.3 Å². The smallest absolute Gasteiger partial charge is 0.257 e. The maximum Gasteiger partial charge on any atom is 0.257 e. The molecule has 1 amide bonds. The van der Waals surface area contributed by atoms with E-state index in [0.29, 0.717) is 5.02 Å². The number of guanidine groups is 1. The van der Waals surface area contributed by atoms with E-state index in [-0.39, 0.29) is 29.4 Å². The number of benzene rings is 2. The lowest BCUT2D eigenvalue weighted by Crippen LogP contribution is -2.36. The Kier molecular flexibility index (Phi) is 6.53. The molecule has 1 heterocycles. The van der Waals surface area contributed by atoms with Gasteiger partial charge in [-0.05, 0) is 48.0 Å². The molecule has 0 radical (unpaired) electrons. The number of nitrogens with zero attached hydrogens (tertiary/aromatic N) is 1. The van der Waals surface area contributed by atoms with Crippen molar-refractivity contribution >= 4 is 29.3 Å². The van der Waals surface area contributed by atoms with Crippen LogP contribution in [-0.4, -0.2) is 16.9 Å². The lowest BCUT2D eigenvalue weighted by Gasteiger charge is -2.12. The predicted octanol–water partition coefficient (Wildman–Crippen LogP) is 3.84. The number of hydrogen-bond donors (Lipinski definition) is 3. The second kappa shape index (κ2) is 9.27. The summed E-state index contributed by atoms with van der Waals surface area (Å²) in [6.45, 7) is -0.283. The number of amides is 1. The topological polar surface area (TPSA) is 86.3 Å². The van der Waals surface area contributed by atoms with Gasteiger partial charge >= 0.3 is 0 Å². The van der Waals surface area contributed by atoms with Crippen molar-refractivity contribution in [3.05, 3.63) is 98.6 Å². The zero-order chi connectivity index (χ0) is 21.7. The molecule has 0 saturated carbocycles. The third kappa shape index (κ3) is 5.48. The highest BCUT2D eigenvalue weighted by molar-refractivity contribution is 6.30. The third-order valence-electron chi connectivity index (χ3n) is 3.82. The van der Waals surface area contributed by atoms with Crippen molar-refractivity contribution in [3.63, 3.8) is 0 Å². The maximum atomic E-state index is 13.4. The zero-order valence-corrected chi connectivity index (χ0v) is 15.9. The van der Waals surface area contributed by atoms with Crippen LogP contribution in [0.2, 0.25) is 5.02 Å². The fraction of sp³-hybridized carbons (Fsp3) is 0.0500. The first-order valence-electron chi connectivity index (χ1n) is 8.53. The van der Waals surface area contributed by atoms with E-state index < -0.39 is 28.9 Å². The molecule has 0 aliphatic heterocycles. The summed E-state index contributed by atoms with van der Waals surface area (Å²) in [5.74, 6) is -4.73. The molecule has 30 heavy (non-hydrogen) atoms. The highest BCUT2D eigenvalue weighted by Crippen LogP contribution is 2.14. The lowest BCUT2D eigenvalue weighted by molar-refractivity contribution is 0.0977. The summed E-state index contributed by atoms with van der Waals surface area (Å²) in [7, 11) is 0. The van der Waals surface area contributed by atoms with E-state index in [0.717, 1.165) is 12.1 Å². The summed E-state index contributed by atoms with van der Waals surface area (Å²) in [5.41, 5.74) is -0.0895. The number of carbonyl (C=O) groups is 1. The predicted molar refractivity (Wildman–Crippen MR) is 107 cm³/mol. The first kappa shape index (κ1) is 21.1. The van der Waals surface area contributed by atoms with Crippen molar-refractivity contribution in [2.45, 2.75) is 6.54 Å². The van der Waals surface area contributed by atoms with Gasteiger partial charge in [-0.1, -0.05) is 17.7 Å². The molecule has 0 spiro atoms. The van der Waals surface area contributed by atoms with E-state index in [4.69, 9.17) is 11.6 Å². The Bertz CT molecular complexity index is 1140. The number of aliphatic imine (C=N–C) groups is 1. The fourth-order valence-corrected chi connectivity index (χ4v) is 2.54. The summed E-state index contributed by atoms with van der Waals surface area (Å²) in [4.78, 5) is 30.5. The number of nitrogens with one attached hydrogen (secondary N) is 3. The standard InChI is InChI=1S/C20H14ClF3N4O2/c21-13-6-4-12(5-7-13)19(30)28-20(27-16-2-1-3-17(29)26-16)25-10-11-8-14(22)18(24)15(23)9-11/h1-9H,10H2,(H3,25,26,27,28,29,30). The number of halogens is 4. The monoisotopic (exact) mass is 434 g/mol. The summed E-state index contributed by atoms with van der Waals surface area (Å²) in [6.07, 6.45) is 0. The minimum atomic E-state index is -1.58. The number of aromatic amines is 1. The zero-order valence-electron chi connectivity index (χ0n) is 15.2. The van der Waals surface area contributed by atoms with Crippen LogP contribution in [0.1, 0.15) is 15.9 Å². The molecular formula is C20H14ClF3N4O2. The molecule has 0 saturated heterocycles. The number of pyridine rings is 1. The number of carbonyl (C=O) groups excluding carboxylic acids is 1. The van der Waals surface area contributed by atoms with Crippen molar-refractivity contribution in [1.29, 1.82) is 0 Å². The van der Waals surface area contributed by atoms with Gasteiger partial charge in [0.1, 0.15) is 5.82 Å². The van der Waals surface area contributed by atoms with Gasteiger partial charge in [-0.15, -0.1) is 0 Å². The Balaban J connectivity index is 1.86. The van der Waals surface area contributed by atoms with Crippen molar-refractivity contribution in [1.82, 2.24) is 10.3 Å². The molecule has 0 fully saturated rings. The van der Waals surface area contributed by atoms with Crippen LogP contribution in [0.15, 0.2) is 64.4 Å². The molecule has 0 bridgehead atoms. The van der Waals surface area contributed by atoms with Gasteiger partial charge in [0.05, 0.1) is 6.54 Å². The van der Waals surface area contributed by atoms with E-state index in [2.05, 4.69) is 20.6 Å². The van der Waals surface area contributed by atoms with E-state index in [9.17, 15) is 22.8 Å². The number of anilines is 1. The van der Waals surface area contributed by atoms with Gasteiger partial charge in [0.25, 0.3) is 5.91 Å². The molecule has 0 aliphatic rings. The minimum Gasteiger partial charge on any atom is -0.312 e. The highest BCUT2D eigenvalue weighted by Gasteiger charge is 2.12. The molecule has 10 heteroatoms. The van der Waals surface area contributed by atoms with Crippen LogP contribution in [0, 0.1) is 17.5 Å². The number of rotatable bonds is 4. The second-order valence-electron chi connectivity index (χ2n) is 6.05. The molecule has 6 nitrogen and oxygen atoms in total. The Labute approximate surface area is 173 Å². The average Bonchev–Trinajstić information content (AvgIpc) is 2.70. The number of aromatic nitrogens is 1. The molecule has 0 unspecified atom stereocenters. The number of hydrogen-bond acceptors (Lipinski definition) is 3. The summed E-state index contributed by atoms with van der Waals surface area (Å²) >= 11 is 5.81. The quantitative estimate of drug-likeness (QED) is 0.331. The Morgan fingerprint density at radius 1 is 1.03 bits per heavy atom. The van der Waals surface area contributed by atoms with Crippen molar-refractivity contribution in [2.24, 2.45) is 4.99 Å². The van der Waals surface area contributed by atoms with E-state index in [1.807, 2.05) is 0 Å². The highest BCUT2D eigenvalue weighted by atomic mass is 35.5. The molecular weight excluding hydrogens is 421 g/mol. The number of H-pyrrole nitrogens is 1. The molecule has 1 aromatic heterocycles. The van der Waals surface area contributed by atoms with Gasteiger partial charge in [0.2, 0.25) is 11.5 Å². The molecule has 2 aromatic carbocycles. The Hall–Kier alpha value is -3.59. The first-order chi connectivity index (χ1) is 14.3. The third-order valence-corrected chi connectivity index (χ3v) is 4.08.